The maximum atomic E-state index is 9.36. The van der Waals surface area contributed by atoms with Gasteiger partial charge >= 0.3 is 0 Å². The molecule has 0 aliphatic heterocycles. The third-order valence-corrected chi connectivity index (χ3v) is 3.31. The molecule has 0 saturated heterocycles. The van der Waals surface area contributed by atoms with Crippen molar-refractivity contribution in [3.63, 3.8) is 0 Å². The Morgan fingerprint density at radius 1 is 1.20 bits per heavy atom. The molecule has 0 amide bonds. The van der Waals surface area contributed by atoms with Crippen molar-refractivity contribution in [2.24, 2.45) is 5.41 Å². The number of hydrogen-bond donors (Lipinski definition) is 1. The summed E-state index contributed by atoms with van der Waals surface area (Å²) in [4.78, 5) is 0. The molecule has 1 heteroatoms. The van der Waals surface area contributed by atoms with Gasteiger partial charge in [0.2, 0.25) is 0 Å². The zero-order valence-corrected chi connectivity index (χ0v) is 10.8. The van der Waals surface area contributed by atoms with Gasteiger partial charge in [0.05, 0.1) is 0 Å². The van der Waals surface area contributed by atoms with Crippen molar-refractivity contribution in [2.45, 2.75) is 65.7 Å². The van der Waals surface area contributed by atoms with E-state index in [9.17, 15) is 5.11 Å². The Balaban J connectivity index is 0.000000921. The maximum Gasteiger partial charge on any atom is 0.0487 e. The molecule has 0 spiro atoms. The summed E-state index contributed by atoms with van der Waals surface area (Å²) >= 11 is 0. The van der Waals surface area contributed by atoms with E-state index in [2.05, 4.69) is 19.1 Å². The lowest BCUT2D eigenvalue weighted by Crippen LogP contribution is -2.20. The number of aliphatic hydroxyl groups excluding tert-OH is 1. The van der Waals surface area contributed by atoms with Crippen molar-refractivity contribution in [3.8, 4) is 0 Å². The van der Waals surface area contributed by atoms with Crippen LogP contribution in [0.25, 0.3) is 0 Å². The highest BCUT2D eigenvalue weighted by Crippen LogP contribution is 2.41. The summed E-state index contributed by atoms with van der Waals surface area (Å²) in [5, 5.41) is 9.36. The topological polar surface area (TPSA) is 20.2 Å². The van der Waals surface area contributed by atoms with Crippen molar-refractivity contribution >= 4 is 0 Å². The Labute approximate surface area is 95.6 Å². The van der Waals surface area contributed by atoms with Crippen LogP contribution in [0.1, 0.15) is 65.7 Å². The second-order valence-corrected chi connectivity index (χ2v) is 4.33. The highest BCUT2D eigenvalue weighted by molar-refractivity contribution is 4.85. The van der Waals surface area contributed by atoms with Gasteiger partial charge < -0.3 is 5.11 Å². The molecular formula is C14H28O. The predicted octanol–water partition coefficient (Wildman–Crippen LogP) is 4.31. The number of allylic oxidation sites excluding steroid dienone is 2. The molecule has 1 aliphatic rings. The molecule has 1 aliphatic carbocycles. The molecule has 0 radical (unpaired) electrons. The summed E-state index contributed by atoms with van der Waals surface area (Å²) < 4.78 is 0. The Kier molecular flexibility index (Phi) is 8.79. The Morgan fingerprint density at radius 2 is 1.80 bits per heavy atom. The molecule has 1 nitrogen and oxygen atoms in total. The van der Waals surface area contributed by atoms with Crippen LogP contribution in [0.4, 0.5) is 0 Å². The van der Waals surface area contributed by atoms with E-state index in [1.807, 2.05) is 13.8 Å². The van der Waals surface area contributed by atoms with Crippen molar-refractivity contribution < 1.29 is 5.11 Å². The van der Waals surface area contributed by atoms with Crippen LogP contribution in [0.15, 0.2) is 12.2 Å². The number of rotatable bonds is 5. The van der Waals surface area contributed by atoms with Crippen LogP contribution in [0, 0.1) is 5.41 Å². The van der Waals surface area contributed by atoms with E-state index in [-0.39, 0.29) is 0 Å². The lowest BCUT2D eigenvalue weighted by atomic mass is 9.82. The molecule has 1 rings (SSSR count). The summed E-state index contributed by atoms with van der Waals surface area (Å²) in [5.74, 6) is 0. The minimum atomic E-state index is 0.307. The first-order valence-electron chi connectivity index (χ1n) is 6.55. The number of unbranched alkanes of at least 4 members (excludes halogenated alkanes) is 1. The van der Waals surface area contributed by atoms with Gasteiger partial charge in [-0.2, -0.15) is 0 Å². The third-order valence-electron chi connectivity index (χ3n) is 3.31. The Hall–Kier alpha value is -0.300. The monoisotopic (exact) mass is 212 g/mol. The SMILES string of the molecule is C/C=C/CCCC1(CO)CCCC1.CC. The van der Waals surface area contributed by atoms with Crippen LogP contribution in [0.2, 0.25) is 0 Å². The van der Waals surface area contributed by atoms with Crippen LogP contribution >= 0.6 is 0 Å². The second kappa shape index (κ2) is 8.96. The lowest BCUT2D eigenvalue weighted by molar-refractivity contribution is 0.119. The smallest absolute Gasteiger partial charge is 0.0487 e. The van der Waals surface area contributed by atoms with Gasteiger partial charge in [-0.15, -0.1) is 0 Å². The van der Waals surface area contributed by atoms with E-state index in [0.29, 0.717) is 12.0 Å². The average Bonchev–Trinajstić information content (AvgIpc) is 2.77. The molecule has 1 N–H and O–H groups in total. The molecule has 1 saturated carbocycles. The Bertz CT molecular complexity index is 155. The third kappa shape index (κ3) is 5.36. The van der Waals surface area contributed by atoms with E-state index in [4.69, 9.17) is 0 Å². The maximum absolute atomic E-state index is 9.36. The van der Waals surface area contributed by atoms with Gasteiger partial charge in [0.25, 0.3) is 0 Å². The molecule has 0 heterocycles. The standard InChI is InChI=1S/C12H22O.C2H6/c1-2-3-4-5-8-12(11-13)9-6-7-10-12;1-2/h2-3,13H,4-11H2,1H3;1-2H3/b3-2+;. The summed E-state index contributed by atoms with van der Waals surface area (Å²) in [6, 6.07) is 0. The molecule has 0 aromatic heterocycles. The fourth-order valence-electron chi connectivity index (χ4n) is 2.37. The van der Waals surface area contributed by atoms with Crippen LogP contribution in [0.5, 0.6) is 0 Å². The van der Waals surface area contributed by atoms with Crippen molar-refractivity contribution in [1.29, 1.82) is 0 Å². The van der Waals surface area contributed by atoms with Crippen molar-refractivity contribution in [3.05, 3.63) is 12.2 Å². The molecule has 0 aromatic rings. The summed E-state index contributed by atoms with van der Waals surface area (Å²) in [6.45, 7) is 6.47. The van der Waals surface area contributed by atoms with Crippen LogP contribution in [-0.4, -0.2) is 11.7 Å². The van der Waals surface area contributed by atoms with E-state index in [1.54, 1.807) is 0 Å². The normalized spacial score (nSPS) is 18.9. The van der Waals surface area contributed by atoms with Crippen LogP contribution in [0.3, 0.4) is 0 Å². The second-order valence-electron chi connectivity index (χ2n) is 4.33. The first-order chi connectivity index (χ1) is 7.33. The van der Waals surface area contributed by atoms with Gasteiger partial charge in [-0.25, -0.2) is 0 Å². The zero-order chi connectivity index (χ0) is 11.6. The molecule has 1 fully saturated rings. The highest BCUT2D eigenvalue weighted by Gasteiger charge is 2.31. The van der Waals surface area contributed by atoms with Gasteiger partial charge in [-0.05, 0) is 44.4 Å². The van der Waals surface area contributed by atoms with Gasteiger partial charge in [0, 0.05) is 6.61 Å². The Morgan fingerprint density at radius 3 is 2.27 bits per heavy atom. The summed E-state index contributed by atoms with van der Waals surface area (Å²) in [7, 11) is 0. The summed E-state index contributed by atoms with van der Waals surface area (Å²) in [6.07, 6.45) is 13.1. The first kappa shape index (κ1) is 14.7. The van der Waals surface area contributed by atoms with E-state index >= 15 is 0 Å². The molecule has 0 aromatic carbocycles. The molecule has 0 unspecified atom stereocenters. The predicted molar refractivity (Wildman–Crippen MR) is 68.0 cm³/mol. The van der Waals surface area contributed by atoms with Gasteiger partial charge in [0.15, 0.2) is 0 Å². The largest absolute Gasteiger partial charge is 0.396 e. The van der Waals surface area contributed by atoms with E-state index in [1.165, 1.54) is 44.9 Å². The quantitative estimate of drug-likeness (QED) is 0.532. The zero-order valence-electron chi connectivity index (χ0n) is 10.8. The minimum absolute atomic E-state index is 0.307. The average molecular weight is 212 g/mol. The molecule has 90 valence electrons. The minimum Gasteiger partial charge on any atom is -0.396 e. The van der Waals surface area contributed by atoms with Gasteiger partial charge in [-0.3, -0.25) is 0 Å². The van der Waals surface area contributed by atoms with Crippen molar-refractivity contribution in [2.75, 3.05) is 6.61 Å². The highest BCUT2D eigenvalue weighted by atomic mass is 16.3. The van der Waals surface area contributed by atoms with E-state index < -0.39 is 0 Å². The van der Waals surface area contributed by atoms with E-state index in [0.717, 1.165) is 0 Å². The van der Waals surface area contributed by atoms with Gasteiger partial charge in [-0.1, -0.05) is 38.8 Å². The van der Waals surface area contributed by atoms with Crippen LogP contribution < -0.4 is 0 Å². The fraction of sp³-hybridized carbons (Fsp3) is 0.857. The van der Waals surface area contributed by atoms with Crippen LogP contribution in [-0.2, 0) is 0 Å². The molecule has 0 bridgehead atoms. The van der Waals surface area contributed by atoms with Crippen molar-refractivity contribution in [1.82, 2.24) is 0 Å². The number of hydrogen-bond acceptors (Lipinski definition) is 1. The molecule has 15 heavy (non-hydrogen) atoms. The fourth-order valence-corrected chi connectivity index (χ4v) is 2.37. The summed E-state index contributed by atoms with van der Waals surface area (Å²) in [5.41, 5.74) is 0.307. The number of aliphatic hydroxyl groups is 1. The molecular weight excluding hydrogens is 184 g/mol. The lowest BCUT2D eigenvalue weighted by Gasteiger charge is -2.25. The first-order valence-corrected chi connectivity index (χ1v) is 6.55. The van der Waals surface area contributed by atoms with Gasteiger partial charge in [0.1, 0.15) is 0 Å². The molecule has 0 atom stereocenters.